The van der Waals surface area contributed by atoms with Gasteiger partial charge in [0.05, 0.1) is 18.9 Å². The van der Waals surface area contributed by atoms with Gasteiger partial charge in [-0.15, -0.1) is 0 Å². The lowest BCUT2D eigenvalue weighted by molar-refractivity contribution is -0.122. The second-order valence-electron chi connectivity index (χ2n) is 7.52. The number of aryl methyl sites for hydroxylation is 1. The first-order valence-corrected chi connectivity index (χ1v) is 10.4. The predicted octanol–water partition coefficient (Wildman–Crippen LogP) is 1.70. The molecule has 1 unspecified atom stereocenters. The van der Waals surface area contributed by atoms with Gasteiger partial charge in [0.25, 0.3) is 5.56 Å². The van der Waals surface area contributed by atoms with Crippen molar-refractivity contribution in [3.8, 4) is 0 Å². The third-order valence-corrected chi connectivity index (χ3v) is 5.37. The maximum Gasteiger partial charge on any atom is 0.333 e. The Balaban J connectivity index is 1.73. The van der Waals surface area contributed by atoms with E-state index in [-0.39, 0.29) is 19.1 Å². The first-order valence-electron chi connectivity index (χ1n) is 10.4. The van der Waals surface area contributed by atoms with Gasteiger partial charge in [0.1, 0.15) is 6.54 Å². The number of rotatable bonds is 7. The van der Waals surface area contributed by atoms with Crippen molar-refractivity contribution in [3.05, 3.63) is 93.2 Å². The summed E-state index contributed by atoms with van der Waals surface area (Å²) in [5.74, 6) is -0.436. The van der Waals surface area contributed by atoms with Crippen LogP contribution in [0.2, 0.25) is 0 Å². The minimum absolute atomic E-state index is 0.241. The summed E-state index contributed by atoms with van der Waals surface area (Å²) < 4.78 is 4.10. The number of hydrogen-bond donors (Lipinski definition) is 1. The summed E-state index contributed by atoms with van der Waals surface area (Å²) in [4.78, 5) is 47.6. The fraction of sp³-hybridized carbons (Fsp3) is 0.261. The Kier molecular flexibility index (Phi) is 5.98. The molecule has 1 aromatic carbocycles. The van der Waals surface area contributed by atoms with E-state index in [0.29, 0.717) is 17.7 Å². The Morgan fingerprint density at radius 1 is 1.09 bits per heavy atom. The highest BCUT2D eigenvalue weighted by Gasteiger charge is 2.20. The summed E-state index contributed by atoms with van der Waals surface area (Å²) in [5, 5.41) is 2.83. The Bertz CT molecular complexity index is 1360. The van der Waals surface area contributed by atoms with Gasteiger partial charge in [0.2, 0.25) is 5.91 Å². The number of carbonyl (C=O) groups excluding carboxylic acids is 1. The highest BCUT2D eigenvalue weighted by molar-refractivity contribution is 5.77. The van der Waals surface area contributed by atoms with Crippen molar-refractivity contribution >= 4 is 17.1 Å². The average molecular weight is 432 g/mol. The van der Waals surface area contributed by atoms with Crippen LogP contribution < -0.4 is 16.6 Å². The molecule has 0 saturated carbocycles. The van der Waals surface area contributed by atoms with E-state index in [0.717, 1.165) is 15.7 Å². The fourth-order valence-electron chi connectivity index (χ4n) is 3.67. The van der Waals surface area contributed by atoms with Crippen LogP contribution >= 0.6 is 0 Å². The first-order chi connectivity index (χ1) is 15.5. The molecular weight excluding hydrogens is 408 g/mol. The number of pyridine rings is 1. The molecule has 0 aliphatic carbocycles. The molecule has 0 spiro atoms. The number of carbonyl (C=O) groups is 1. The Morgan fingerprint density at radius 2 is 1.88 bits per heavy atom. The van der Waals surface area contributed by atoms with Crippen LogP contribution in [0.25, 0.3) is 11.2 Å². The number of benzene rings is 1. The van der Waals surface area contributed by atoms with E-state index in [4.69, 9.17) is 0 Å². The van der Waals surface area contributed by atoms with Gasteiger partial charge >= 0.3 is 5.69 Å². The van der Waals surface area contributed by atoms with Crippen LogP contribution in [-0.2, 0) is 24.4 Å². The summed E-state index contributed by atoms with van der Waals surface area (Å²) in [7, 11) is 0. The fourth-order valence-corrected chi connectivity index (χ4v) is 3.67. The van der Waals surface area contributed by atoms with E-state index in [1.165, 1.54) is 4.57 Å². The summed E-state index contributed by atoms with van der Waals surface area (Å²) in [6, 6.07) is 12.8. The van der Waals surface area contributed by atoms with E-state index < -0.39 is 17.2 Å². The molecule has 0 aliphatic rings. The molecule has 0 saturated heterocycles. The second-order valence-corrected chi connectivity index (χ2v) is 7.52. The summed E-state index contributed by atoms with van der Waals surface area (Å²) in [5.41, 5.74) is 1.23. The van der Waals surface area contributed by atoms with Crippen molar-refractivity contribution in [3.63, 3.8) is 0 Å². The van der Waals surface area contributed by atoms with Crippen molar-refractivity contribution in [2.45, 2.75) is 39.5 Å². The van der Waals surface area contributed by atoms with Crippen molar-refractivity contribution < 1.29 is 4.79 Å². The SMILES string of the molecule is CCn1cnc2c1c(=O)n(CC(=O)NC(C)c1cccnc1)c(=O)n2Cc1ccccc1. The highest BCUT2D eigenvalue weighted by Crippen LogP contribution is 2.11. The molecule has 4 rings (SSSR count). The molecule has 0 fully saturated rings. The number of nitrogens with one attached hydrogen (secondary N) is 1. The number of fused-ring (bicyclic) bond motifs is 1. The number of hydrogen-bond acceptors (Lipinski definition) is 5. The smallest absolute Gasteiger partial charge is 0.333 e. The van der Waals surface area contributed by atoms with E-state index in [9.17, 15) is 14.4 Å². The lowest BCUT2D eigenvalue weighted by Gasteiger charge is -2.16. The van der Waals surface area contributed by atoms with Crippen molar-refractivity contribution in [2.24, 2.45) is 0 Å². The van der Waals surface area contributed by atoms with Gasteiger partial charge < -0.3 is 9.88 Å². The van der Waals surface area contributed by atoms with Gasteiger partial charge in [0.15, 0.2) is 11.2 Å². The third-order valence-electron chi connectivity index (χ3n) is 5.37. The maximum absolute atomic E-state index is 13.3. The topological polar surface area (TPSA) is 104 Å². The molecule has 9 heteroatoms. The van der Waals surface area contributed by atoms with Crippen LogP contribution in [0.15, 0.2) is 70.8 Å². The monoisotopic (exact) mass is 432 g/mol. The molecule has 3 heterocycles. The number of imidazole rings is 1. The van der Waals surface area contributed by atoms with Gasteiger partial charge in [-0.25, -0.2) is 14.3 Å². The summed E-state index contributed by atoms with van der Waals surface area (Å²) >= 11 is 0. The molecule has 0 bridgehead atoms. The zero-order valence-corrected chi connectivity index (χ0v) is 17.9. The quantitative estimate of drug-likeness (QED) is 0.479. The normalized spacial score (nSPS) is 12.1. The molecule has 1 N–H and O–H groups in total. The van der Waals surface area contributed by atoms with Crippen molar-refractivity contribution in [2.75, 3.05) is 0 Å². The summed E-state index contributed by atoms with van der Waals surface area (Å²) in [6.07, 6.45) is 4.86. The molecule has 3 aromatic heterocycles. The Labute approximate surface area is 184 Å². The minimum Gasteiger partial charge on any atom is -0.348 e. The molecule has 0 radical (unpaired) electrons. The van der Waals surface area contributed by atoms with Crippen molar-refractivity contribution in [1.29, 1.82) is 0 Å². The van der Waals surface area contributed by atoms with Gasteiger partial charge in [-0.2, -0.15) is 0 Å². The van der Waals surface area contributed by atoms with Crippen molar-refractivity contribution in [1.82, 2.24) is 29.0 Å². The van der Waals surface area contributed by atoms with E-state index in [1.54, 1.807) is 29.4 Å². The number of nitrogens with zero attached hydrogens (tertiary/aromatic N) is 5. The predicted molar refractivity (Wildman–Crippen MR) is 120 cm³/mol. The highest BCUT2D eigenvalue weighted by atomic mass is 16.2. The number of amides is 1. The van der Waals surface area contributed by atoms with E-state index >= 15 is 0 Å². The molecule has 164 valence electrons. The van der Waals surface area contributed by atoms with E-state index in [1.807, 2.05) is 50.2 Å². The van der Waals surface area contributed by atoms with Crippen LogP contribution in [0.1, 0.15) is 31.0 Å². The average Bonchev–Trinajstić information content (AvgIpc) is 3.25. The van der Waals surface area contributed by atoms with E-state index in [2.05, 4.69) is 15.3 Å². The molecule has 1 amide bonds. The Hall–Kier alpha value is -4.01. The largest absolute Gasteiger partial charge is 0.348 e. The van der Waals surface area contributed by atoms with Crippen LogP contribution in [0.5, 0.6) is 0 Å². The van der Waals surface area contributed by atoms with Crippen LogP contribution in [-0.4, -0.2) is 29.6 Å². The Morgan fingerprint density at radius 3 is 2.56 bits per heavy atom. The minimum atomic E-state index is -0.572. The molecule has 32 heavy (non-hydrogen) atoms. The van der Waals surface area contributed by atoms with Crippen LogP contribution in [0, 0.1) is 0 Å². The third kappa shape index (κ3) is 4.09. The lowest BCUT2D eigenvalue weighted by atomic mass is 10.1. The standard InChI is InChI=1S/C23H24N6O3/c1-3-27-15-25-21-20(27)22(31)29(23(32)28(21)13-17-8-5-4-6-9-17)14-19(30)26-16(2)18-10-7-11-24-12-18/h4-12,15-16H,3,13-14H2,1-2H3,(H,26,30). The first kappa shape index (κ1) is 21.2. The van der Waals surface area contributed by atoms with Crippen LogP contribution in [0.3, 0.4) is 0 Å². The summed E-state index contributed by atoms with van der Waals surface area (Å²) in [6.45, 7) is 4.08. The second kappa shape index (κ2) is 9.01. The zero-order chi connectivity index (χ0) is 22.7. The molecular formula is C23H24N6O3. The van der Waals surface area contributed by atoms with Gasteiger partial charge in [0, 0.05) is 18.9 Å². The van der Waals surface area contributed by atoms with Gasteiger partial charge in [-0.1, -0.05) is 36.4 Å². The molecule has 9 nitrogen and oxygen atoms in total. The van der Waals surface area contributed by atoms with Gasteiger partial charge in [-0.05, 0) is 31.0 Å². The molecule has 0 aliphatic heterocycles. The molecule has 4 aromatic rings. The van der Waals surface area contributed by atoms with Gasteiger partial charge in [-0.3, -0.25) is 19.1 Å². The maximum atomic E-state index is 13.3. The number of aromatic nitrogens is 5. The lowest BCUT2D eigenvalue weighted by Crippen LogP contribution is -2.44. The zero-order valence-electron chi connectivity index (χ0n) is 17.9. The van der Waals surface area contributed by atoms with Crippen LogP contribution in [0.4, 0.5) is 0 Å². The molecule has 1 atom stereocenters.